The summed E-state index contributed by atoms with van der Waals surface area (Å²) in [5.74, 6) is 1.63. The molecule has 0 unspecified atom stereocenters. The van der Waals surface area contributed by atoms with Gasteiger partial charge in [0, 0.05) is 18.7 Å². The number of methoxy groups -OCH3 is 2. The molecular formula is C19H24N2O3. The lowest BCUT2D eigenvalue weighted by Gasteiger charge is -2.10. The van der Waals surface area contributed by atoms with Gasteiger partial charge in [0.2, 0.25) is 0 Å². The van der Waals surface area contributed by atoms with Crippen LogP contribution in [-0.2, 0) is 13.0 Å². The highest BCUT2D eigenvalue weighted by Gasteiger charge is 2.04. The van der Waals surface area contributed by atoms with Gasteiger partial charge < -0.3 is 20.1 Å². The number of ether oxygens (including phenoxy) is 2. The molecule has 0 aromatic heterocycles. The fourth-order valence-electron chi connectivity index (χ4n) is 2.37. The van der Waals surface area contributed by atoms with E-state index in [4.69, 9.17) is 9.47 Å². The Morgan fingerprint density at radius 2 is 1.71 bits per heavy atom. The molecule has 0 aliphatic carbocycles. The van der Waals surface area contributed by atoms with E-state index in [9.17, 15) is 4.79 Å². The van der Waals surface area contributed by atoms with Crippen molar-refractivity contribution >= 4 is 6.03 Å². The van der Waals surface area contributed by atoms with E-state index in [-0.39, 0.29) is 6.03 Å². The van der Waals surface area contributed by atoms with Gasteiger partial charge in [0.1, 0.15) is 11.5 Å². The van der Waals surface area contributed by atoms with Crippen molar-refractivity contribution in [3.05, 3.63) is 59.7 Å². The highest BCUT2D eigenvalue weighted by atomic mass is 16.5. The van der Waals surface area contributed by atoms with Gasteiger partial charge in [0.05, 0.1) is 14.2 Å². The molecule has 2 aromatic rings. The number of urea groups is 1. The molecule has 5 nitrogen and oxygen atoms in total. The molecule has 0 aliphatic rings. The minimum Gasteiger partial charge on any atom is -0.497 e. The first-order chi connectivity index (χ1) is 11.7. The van der Waals surface area contributed by atoms with Crippen LogP contribution in [0.2, 0.25) is 0 Å². The van der Waals surface area contributed by atoms with E-state index in [1.165, 1.54) is 5.56 Å². The summed E-state index contributed by atoms with van der Waals surface area (Å²) >= 11 is 0. The number of carbonyl (C=O) groups is 1. The fourth-order valence-corrected chi connectivity index (χ4v) is 2.37. The van der Waals surface area contributed by atoms with Gasteiger partial charge in [-0.3, -0.25) is 0 Å². The topological polar surface area (TPSA) is 59.6 Å². The van der Waals surface area contributed by atoms with Crippen molar-refractivity contribution in [1.82, 2.24) is 10.6 Å². The van der Waals surface area contributed by atoms with E-state index in [1.807, 2.05) is 48.5 Å². The number of amides is 2. The number of hydrogen-bond acceptors (Lipinski definition) is 3. The SMILES string of the molecule is COc1ccc(CCCNC(=O)NCc2ccccc2OC)cc1. The van der Waals surface area contributed by atoms with Crippen LogP contribution in [0.5, 0.6) is 11.5 Å². The summed E-state index contributed by atoms with van der Waals surface area (Å²) < 4.78 is 10.4. The zero-order valence-corrected chi connectivity index (χ0v) is 14.2. The van der Waals surface area contributed by atoms with Crippen LogP contribution < -0.4 is 20.1 Å². The first-order valence-electron chi connectivity index (χ1n) is 7.99. The second-order valence-corrected chi connectivity index (χ2v) is 5.37. The minimum absolute atomic E-state index is 0.171. The Morgan fingerprint density at radius 1 is 0.958 bits per heavy atom. The molecule has 24 heavy (non-hydrogen) atoms. The van der Waals surface area contributed by atoms with Crippen LogP contribution in [0.3, 0.4) is 0 Å². The molecule has 0 saturated carbocycles. The van der Waals surface area contributed by atoms with E-state index in [2.05, 4.69) is 10.6 Å². The molecule has 0 saturated heterocycles. The number of nitrogens with one attached hydrogen (secondary N) is 2. The first-order valence-corrected chi connectivity index (χ1v) is 7.99. The summed E-state index contributed by atoms with van der Waals surface area (Å²) in [6, 6.07) is 15.4. The highest BCUT2D eigenvalue weighted by molar-refractivity contribution is 5.73. The molecule has 0 fully saturated rings. The standard InChI is InChI=1S/C19H24N2O3/c1-23-17-11-9-15(10-12-17)6-5-13-20-19(22)21-14-16-7-3-4-8-18(16)24-2/h3-4,7-12H,5-6,13-14H2,1-2H3,(H2,20,21,22). The van der Waals surface area contributed by atoms with Crippen molar-refractivity contribution in [3.63, 3.8) is 0 Å². The molecule has 0 atom stereocenters. The number of carbonyl (C=O) groups excluding carboxylic acids is 1. The van der Waals surface area contributed by atoms with Crippen molar-refractivity contribution in [3.8, 4) is 11.5 Å². The lowest BCUT2D eigenvalue weighted by molar-refractivity contribution is 0.240. The molecule has 5 heteroatoms. The van der Waals surface area contributed by atoms with Gasteiger partial charge in [-0.1, -0.05) is 30.3 Å². The van der Waals surface area contributed by atoms with Crippen LogP contribution in [0, 0.1) is 0 Å². The zero-order chi connectivity index (χ0) is 17.2. The average Bonchev–Trinajstić information content (AvgIpc) is 2.64. The molecule has 0 bridgehead atoms. The first kappa shape index (κ1) is 17.7. The van der Waals surface area contributed by atoms with Gasteiger partial charge >= 0.3 is 6.03 Å². The second kappa shape index (κ2) is 9.45. The summed E-state index contributed by atoms with van der Waals surface area (Å²) in [6.07, 6.45) is 1.80. The highest BCUT2D eigenvalue weighted by Crippen LogP contribution is 2.16. The molecule has 2 aromatic carbocycles. The lowest BCUT2D eigenvalue weighted by Crippen LogP contribution is -2.35. The maximum Gasteiger partial charge on any atom is 0.315 e. The normalized spacial score (nSPS) is 10.1. The van der Waals surface area contributed by atoms with E-state index in [0.29, 0.717) is 13.1 Å². The van der Waals surface area contributed by atoms with Crippen LogP contribution in [0.4, 0.5) is 4.79 Å². The van der Waals surface area contributed by atoms with Gasteiger partial charge in [-0.05, 0) is 36.6 Å². The monoisotopic (exact) mass is 328 g/mol. The molecule has 0 aliphatic heterocycles. The third kappa shape index (κ3) is 5.50. The predicted octanol–water partition coefficient (Wildman–Crippen LogP) is 3.14. The molecular weight excluding hydrogens is 304 g/mol. The van der Waals surface area contributed by atoms with Crippen molar-refractivity contribution in [2.24, 2.45) is 0 Å². The van der Waals surface area contributed by atoms with E-state index in [1.54, 1.807) is 14.2 Å². The maximum atomic E-state index is 11.8. The summed E-state index contributed by atoms with van der Waals surface area (Å²) in [6.45, 7) is 1.07. The van der Waals surface area contributed by atoms with Crippen molar-refractivity contribution in [2.45, 2.75) is 19.4 Å². The average molecular weight is 328 g/mol. The summed E-state index contributed by atoms with van der Waals surface area (Å²) in [5, 5.41) is 5.71. The van der Waals surface area contributed by atoms with Gasteiger partial charge in [-0.15, -0.1) is 0 Å². The smallest absolute Gasteiger partial charge is 0.315 e. The van der Waals surface area contributed by atoms with Crippen LogP contribution in [0.15, 0.2) is 48.5 Å². The Labute approximate surface area is 143 Å². The largest absolute Gasteiger partial charge is 0.497 e. The second-order valence-electron chi connectivity index (χ2n) is 5.37. The Bertz CT molecular complexity index is 641. The van der Waals surface area contributed by atoms with Crippen molar-refractivity contribution < 1.29 is 14.3 Å². The Hall–Kier alpha value is -2.69. The number of rotatable bonds is 8. The molecule has 128 valence electrons. The fraction of sp³-hybridized carbons (Fsp3) is 0.316. The molecule has 2 amide bonds. The number of para-hydroxylation sites is 1. The van der Waals surface area contributed by atoms with Gasteiger partial charge in [-0.25, -0.2) is 4.79 Å². The van der Waals surface area contributed by atoms with E-state index < -0.39 is 0 Å². The van der Waals surface area contributed by atoms with Gasteiger partial charge in [0.25, 0.3) is 0 Å². The Balaban J connectivity index is 1.66. The van der Waals surface area contributed by atoms with Crippen LogP contribution >= 0.6 is 0 Å². The summed E-state index contributed by atoms with van der Waals surface area (Å²) in [7, 11) is 3.28. The van der Waals surface area contributed by atoms with E-state index in [0.717, 1.165) is 29.9 Å². The van der Waals surface area contributed by atoms with Crippen molar-refractivity contribution in [2.75, 3.05) is 20.8 Å². The van der Waals surface area contributed by atoms with Crippen LogP contribution in [0.1, 0.15) is 17.5 Å². The van der Waals surface area contributed by atoms with Crippen LogP contribution in [0.25, 0.3) is 0 Å². The molecule has 2 N–H and O–H groups in total. The maximum absolute atomic E-state index is 11.8. The molecule has 0 spiro atoms. The summed E-state index contributed by atoms with van der Waals surface area (Å²) in [5.41, 5.74) is 2.18. The third-order valence-electron chi connectivity index (χ3n) is 3.72. The third-order valence-corrected chi connectivity index (χ3v) is 3.72. The number of hydrogen-bond donors (Lipinski definition) is 2. The van der Waals surface area contributed by atoms with Gasteiger partial charge in [0.15, 0.2) is 0 Å². The minimum atomic E-state index is -0.171. The van der Waals surface area contributed by atoms with Gasteiger partial charge in [-0.2, -0.15) is 0 Å². The molecule has 0 heterocycles. The Morgan fingerprint density at radius 3 is 2.42 bits per heavy atom. The Kier molecular flexibility index (Phi) is 6.95. The van der Waals surface area contributed by atoms with Crippen molar-refractivity contribution in [1.29, 1.82) is 0 Å². The van der Waals surface area contributed by atoms with E-state index >= 15 is 0 Å². The predicted molar refractivity (Wildman–Crippen MR) is 94.5 cm³/mol. The molecule has 0 radical (unpaired) electrons. The zero-order valence-electron chi connectivity index (χ0n) is 14.2. The number of aryl methyl sites for hydroxylation is 1. The quantitative estimate of drug-likeness (QED) is 0.732. The van der Waals surface area contributed by atoms with Crippen LogP contribution in [-0.4, -0.2) is 26.8 Å². The lowest BCUT2D eigenvalue weighted by atomic mass is 10.1. The molecule has 2 rings (SSSR count). The number of benzene rings is 2. The summed E-state index contributed by atoms with van der Waals surface area (Å²) in [4.78, 5) is 11.8.